The van der Waals surface area contributed by atoms with Crippen molar-refractivity contribution in [2.24, 2.45) is 5.92 Å². The van der Waals surface area contributed by atoms with Crippen LogP contribution in [0, 0.1) is 19.8 Å². The van der Waals surface area contributed by atoms with Gasteiger partial charge in [-0.2, -0.15) is 0 Å². The van der Waals surface area contributed by atoms with Gasteiger partial charge < -0.3 is 15.2 Å². The number of amides is 1. The second kappa shape index (κ2) is 7.67. The maximum Gasteiger partial charge on any atom is 0.308 e. The van der Waals surface area contributed by atoms with Crippen LogP contribution in [0.2, 0.25) is 0 Å². The molecule has 1 aromatic carbocycles. The van der Waals surface area contributed by atoms with Crippen LogP contribution in [0.25, 0.3) is 0 Å². The van der Waals surface area contributed by atoms with Crippen LogP contribution in [-0.4, -0.2) is 29.6 Å². The van der Waals surface area contributed by atoms with Crippen molar-refractivity contribution < 1.29 is 19.4 Å². The van der Waals surface area contributed by atoms with Crippen molar-refractivity contribution in [2.45, 2.75) is 40.2 Å². The molecule has 0 heterocycles. The molecule has 5 nitrogen and oxygen atoms in total. The van der Waals surface area contributed by atoms with Gasteiger partial charge in [-0.15, -0.1) is 0 Å². The standard InChI is InChI=1S/C16H23NO4/c1-10-7-11(2)9-14(8-10)21-6-5-15(18)17-13(4)12(3)16(19)20/h7-9,12-13H,5-6H2,1-4H3,(H,17,18)(H,19,20). The van der Waals surface area contributed by atoms with Gasteiger partial charge in [0.1, 0.15) is 5.75 Å². The van der Waals surface area contributed by atoms with Gasteiger partial charge in [0.15, 0.2) is 0 Å². The summed E-state index contributed by atoms with van der Waals surface area (Å²) in [5.41, 5.74) is 2.22. The van der Waals surface area contributed by atoms with Crippen LogP contribution in [0.5, 0.6) is 5.75 Å². The molecule has 21 heavy (non-hydrogen) atoms. The van der Waals surface area contributed by atoms with E-state index in [1.54, 1.807) is 13.8 Å². The lowest BCUT2D eigenvalue weighted by Gasteiger charge is -2.17. The van der Waals surface area contributed by atoms with Gasteiger partial charge in [-0.3, -0.25) is 9.59 Å². The molecule has 2 unspecified atom stereocenters. The highest BCUT2D eigenvalue weighted by molar-refractivity contribution is 5.78. The number of carbonyl (C=O) groups excluding carboxylic acids is 1. The molecule has 1 rings (SSSR count). The van der Waals surface area contributed by atoms with Crippen LogP contribution >= 0.6 is 0 Å². The number of carboxylic acid groups (broad SMARTS) is 1. The Morgan fingerprint density at radius 3 is 2.29 bits per heavy atom. The SMILES string of the molecule is Cc1cc(C)cc(OCCC(=O)NC(C)C(C)C(=O)O)c1. The Kier molecular flexibility index (Phi) is 6.21. The molecule has 5 heteroatoms. The minimum absolute atomic E-state index is 0.198. The third kappa shape index (κ3) is 5.85. The fourth-order valence-corrected chi connectivity index (χ4v) is 1.94. The van der Waals surface area contributed by atoms with Crippen molar-refractivity contribution >= 4 is 11.9 Å². The van der Waals surface area contributed by atoms with E-state index in [1.165, 1.54) is 0 Å². The van der Waals surface area contributed by atoms with E-state index in [4.69, 9.17) is 9.84 Å². The first kappa shape index (κ1) is 17.0. The first-order valence-electron chi connectivity index (χ1n) is 7.03. The van der Waals surface area contributed by atoms with Gasteiger partial charge in [-0.05, 0) is 51.0 Å². The Labute approximate surface area is 125 Å². The fraction of sp³-hybridized carbons (Fsp3) is 0.500. The van der Waals surface area contributed by atoms with Crippen molar-refractivity contribution in [2.75, 3.05) is 6.61 Å². The highest BCUT2D eigenvalue weighted by atomic mass is 16.5. The average molecular weight is 293 g/mol. The molecule has 1 aromatic rings. The molecule has 0 aromatic heterocycles. The topological polar surface area (TPSA) is 75.6 Å². The van der Waals surface area contributed by atoms with E-state index >= 15 is 0 Å². The summed E-state index contributed by atoms with van der Waals surface area (Å²) >= 11 is 0. The molecule has 0 bridgehead atoms. The minimum Gasteiger partial charge on any atom is -0.493 e. The average Bonchev–Trinajstić information content (AvgIpc) is 2.36. The molecule has 0 radical (unpaired) electrons. The molecule has 1 amide bonds. The number of hydrogen-bond acceptors (Lipinski definition) is 3. The third-order valence-electron chi connectivity index (χ3n) is 3.32. The zero-order valence-corrected chi connectivity index (χ0v) is 13.0. The molecule has 0 aliphatic rings. The van der Waals surface area contributed by atoms with Crippen molar-refractivity contribution in [1.29, 1.82) is 0 Å². The summed E-state index contributed by atoms with van der Waals surface area (Å²) in [5.74, 6) is -1.00. The lowest BCUT2D eigenvalue weighted by Crippen LogP contribution is -2.40. The second-order valence-electron chi connectivity index (χ2n) is 5.40. The van der Waals surface area contributed by atoms with Gasteiger partial charge in [-0.1, -0.05) is 6.07 Å². The van der Waals surface area contributed by atoms with E-state index in [-0.39, 0.29) is 18.9 Å². The van der Waals surface area contributed by atoms with E-state index in [1.807, 2.05) is 26.0 Å². The van der Waals surface area contributed by atoms with Crippen LogP contribution in [0.4, 0.5) is 0 Å². The largest absolute Gasteiger partial charge is 0.493 e. The molecule has 116 valence electrons. The summed E-state index contributed by atoms with van der Waals surface area (Å²) in [6, 6.07) is 5.48. The minimum atomic E-state index is -0.922. The van der Waals surface area contributed by atoms with E-state index in [0.717, 1.165) is 16.9 Å². The first-order valence-corrected chi connectivity index (χ1v) is 7.03. The van der Waals surface area contributed by atoms with E-state index in [9.17, 15) is 9.59 Å². The highest BCUT2D eigenvalue weighted by Gasteiger charge is 2.20. The predicted octanol–water partition coefficient (Wildman–Crippen LogP) is 2.30. The summed E-state index contributed by atoms with van der Waals surface area (Å²) < 4.78 is 5.55. The Morgan fingerprint density at radius 2 is 1.76 bits per heavy atom. The van der Waals surface area contributed by atoms with Crippen LogP contribution in [0.15, 0.2) is 18.2 Å². The number of benzene rings is 1. The van der Waals surface area contributed by atoms with E-state index < -0.39 is 17.9 Å². The summed E-state index contributed by atoms with van der Waals surface area (Å²) in [6.07, 6.45) is 0.198. The van der Waals surface area contributed by atoms with Crippen molar-refractivity contribution in [3.8, 4) is 5.75 Å². The zero-order valence-electron chi connectivity index (χ0n) is 13.0. The van der Waals surface area contributed by atoms with Crippen LogP contribution in [0.3, 0.4) is 0 Å². The zero-order chi connectivity index (χ0) is 16.0. The van der Waals surface area contributed by atoms with Gasteiger partial charge >= 0.3 is 5.97 Å². The van der Waals surface area contributed by atoms with Crippen molar-refractivity contribution in [1.82, 2.24) is 5.32 Å². The molecule has 0 aliphatic heterocycles. The monoisotopic (exact) mass is 293 g/mol. The summed E-state index contributed by atoms with van der Waals surface area (Å²) in [6.45, 7) is 7.49. The van der Waals surface area contributed by atoms with Crippen LogP contribution in [-0.2, 0) is 9.59 Å². The Balaban J connectivity index is 2.38. The maximum absolute atomic E-state index is 11.7. The van der Waals surface area contributed by atoms with Gasteiger partial charge in [0.05, 0.1) is 18.9 Å². The molecule has 0 spiro atoms. The second-order valence-corrected chi connectivity index (χ2v) is 5.40. The Bertz CT molecular complexity index is 493. The highest BCUT2D eigenvalue weighted by Crippen LogP contribution is 2.16. The van der Waals surface area contributed by atoms with Gasteiger partial charge in [0.2, 0.25) is 5.91 Å². The molecule has 0 saturated heterocycles. The quantitative estimate of drug-likeness (QED) is 0.809. The Hall–Kier alpha value is -2.04. The van der Waals surface area contributed by atoms with Gasteiger partial charge in [0.25, 0.3) is 0 Å². The maximum atomic E-state index is 11.7. The molecule has 2 N–H and O–H groups in total. The molecule has 0 aliphatic carbocycles. The molecule has 2 atom stereocenters. The third-order valence-corrected chi connectivity index (χ3v) is 3.32. The first-order chi connectivity index (χ1) is 9.79. The van der Waals surface area contributed by atoms with Gasteiger partial charge in [0, 0.05) is 6.04 Å². The number of carbonyl (C=O) groups is 2. The number of carboxylic acids is 1. The Morgan fingerprint density at radius 1 is 1.19 bits per heavy atom. The summed E-state index contributed by atoms with van der Waals surface area (Å²) in [4.78, 5) is 22.5. The van der Waals surface area contributed by atoms with E-state index in [2.05, 4.69) is 11.4 Å². The number of aliphatic carboxylic acids is 1. The summed E-state index contributed by atoms with van der Waals surface area (Å²) in [7, 11) is 0. The fourth-order valence-electron chi connectivity index (χ4n) is 1.94. The van der Waals surface area contributed by atoms with E-state index in [0.29, 0.717) is 0 Å². The van der Waals surface area contributed by atoms with Crippen LogP contribution in [0.1, 0.15) is 31.4 Å². The molecule has 0 fully saturated rings. The lowest BCUT2D eigenvalue weighted by molar-refractivity contribution is -0.142. The smallest absolute Gasteiger partial charge is 0.308 e. The molecule has 0 saturated carbocycles. The number of aryl methyl sites for hydroxylation is 2. The van der Waals surface area contributed by atoms with Crippen molar-refractivity contribution in [3.05, 3.63) is 29.3 Å². The normalized spacial score (nSPS) is 13.3. The van der Waals surface area contributed by atoms with Gasteiger partial charge in [-0.25, -0.2) is 0 Å². The van der Waals surface area contributed by atoms with Crippen LogP contribution < -0.4 is 10.1 Å². The molecular weight excluding hydrogens is 270 g/mol. The van der Waals surface area contributed by atoms with Crippen molar-refractivity contribution in [3.63, 3.8) is 0 Å². The predicted molar refractivity (Wildman–Crippen MR) is 80.4 cm³/mol. The summed E-state index contributed by atoms with van der Waals surface area (Å²) in [5, 5.41) is 11.5. The number of rotatable bonds is 7. The number of ether oxygens (including phenoxy) is 1. The number of hydrogen-bond donors (Lipinski definition) is 2. The number of nitrogens with one attached hydrogen (secondary N) is 1. The molecular formula is C16H23NO4. The lowest BCUT2D eigenvalue weighted by atomic mass is 10.0.